The molecular formula is C15H20F4N2O2. The number of alkyl halides is 3. The molecule has 0 spiro atoms. The minimum Gasteiger partial charge on any atom is -0.444 e. The molecule has 1 aromatic carbocycles. The van der Waals surface area contributed by atoms with E-state index < -0.39 is 35.3 Å². The Morgan fingerprint density at radius 3 is 2.35 bits per heavy atom. The molecule has 3 N–H and O–H groups in total. The molecule has 1 aromatic rings. The van der Waals surface area contributed by atoms with Gasteiger partial charge in [0.15, 0.2) is 0 Å². The first-order valence-electron chi connectivity index (χ1n) is 6.97. The maximum atomic E-state index is 13.5. The smallest absolute Gasteiger partial charge is 0.419 e. The third kappa shape index (κ3) is 6.43. The van der Waals surface area contributed by atoms with Crippen LogP contribution < -0.4 is 11.1 Å². The second-order valence-electron chi connectivity index (χ2n) is 6.09. The standard InChI is InChI=1S/C15H20F4N2O2/c1-14(2,3)23-13(22)21-10(8-20)6-9-4-5-11(12(16)7-9)15(17,18)19/h4-5,7,10H,6,8,20H2,1-3H3,(H,21,22). The number of nitrogens with two attached hydrogens (primary N) is 1. The summed E-state index contributed by atoms with van der Waals surface area (Å²) < 4.78 is 56.1. The van der Waals surface area contributed by atoms with Gasteiger partial charge in [-0.05, 0) is 44.9 Å². The Morgan fingerprint density at radius 2 is 1.91 bits per heavy atom. The van der Waals surface area contributed by atoms with Crippen LogP contribution in [0, 0.1) is 5.82 Å². The third-order valence-corrected chi connectivity index (χ3v) is 2.83. The van der Waals surface area contributed by atoms with Crippen LogP contribution in [0.25, 0.3) is 0 Å². The Hall–Kier alpha value is -1.83. The molecule has 1 unspecified atom stereocenters. The average Bonchev–Trinajstić information content (AvgIpc) is 2.34. The lowest BCUT2D eigenvalue weighted by Gasteiger charge is -2.23. The summed E-state index contributed by atoms with van der Waals surface area (Å²) in [5.74, 6) is -1.36. The van der Waals surface area contributed by atoms with Crippen molar-refractivity contribution in [2.75, 3.05) is 6.54 Å². The zero-order valence-corrected chi connectivity index (χ0v) is 13.1. The number of benzene rings is 1. The molecule has 1 amide bonds. The van der Waals surface area contributed by atoms with E-state index in [0.29, 0.717) is 11.6 Å². The first kappa shape index (κ1) is 19.2. The molecule has 0 radical (unpaired) electrons. The largest absolute Gasteiger partial charge is 0.444 e. The Labute approximate surface area is 132 Å². The molecule has 0 heterocycles. The van der Waals surface area contributed by atoms with Gasteiger partial charge in [-0.3, -0.25) is 0 Å². The Bertz CT molecular complexity index is 553. The SMILES string of the molecule is CC(C)(C)OC(=O)NC(CN)Cc1ccc(C(F)(F)F)c(F)c1. The van der Waals surface area contributed by atoms with Crippen molar-refractivity contribution in [1.82, 2.24) is 5.32 Å². The maximum Gasteiger partial charge on any atom is 0.419 e. The molecule has 130 valence electrons. The molecule has 23 heavy (non-hydrogen) atoms. The van der Waals surface area contributed by atoms with Crippen molar-refractivity contribution in [2.24, 2.45) is 5.73 Å². The summed E-state index contributed by atoms with van der Waals surface area (Å²) in [5.41, 5.74) is 3.80. The first-order chi connectivity index (χ1) is 10.4. The fourth-order valence-corrected chi connectivity index (χ4v) is 1.87. The van der Waals surface area contributed by atoms with E-state index in [2.05, 4.69) is 5.32 Å². The van der Waals surface area contributed by atoms with E-state index in [0.717, 1.165) is 12.1 Å². The summed E-state index contributed by atoms with van der Waals surface area (Å²) in [5, 5.41) is 2.51. The molecule has 1 atom stereocenters. The third-order valence-electron chi connectivity index (χ3n) is 2.83. The number of carbonyl (C=O) groups is 1. The molecule has 0 bridgehead atoms. The fraction of sp³-hybridized carbons (Fsp3) is 0.533. The van der Waals surface area contributed by atoms with Crippen LogP contribution in [-0.4, -0.2) is 24.3 Å². The molecule has 0 saturated heterocycles. The van der Waals surface area contributed by atoms with Crippen LogP contribution in [-0.2, 0) is 17.3 Å². The van der Waals surface area contributed by atoms with Gasteiger partial charge in [-0.2, -0.15) is 13.2 Å². The van der Waals surface area contributed by atoms with Gasteiger partial charge in [-0.25, -0.2) is 9.18 Å². The van der Waals surface area contributed by atoms with Gasteiger partial charge in [-0.15, -0.1) is 0 Å². The summed E-state index contributed by atoms with van der Waals surface area (Å²) in [6, 6.07) is 2.04. The molecule has 4 nitrogen and oxygen atoms in total. The molecular weight excluding hydrogens is 316 g/mol. The quantitative estimate of drug-likeness (QED) is 0.830. The van der Waals surface area contributed by atoms with Crippen LogP contribution >= 0.6 is 0 Å². The van der Waals surface area contributed by atoms with Crippen molar-refractivity contribution in [1.29, 1.82) is 0 Å². The van der Waals surface area contributed by atoms with Crippen molar-refractivity contribution in [3.8, 4) is 0 Å². The maximum absolute atomic E-state index is 13.5. The summed E-state index contributed by atoms with van der Waals surface area (Å²) in [4.78, 5) is 11.7. The van der Waals surface area contributed by atoms with Gasteiger partial charge in [-0.1, -0.05) is 6.07 Å². The van der Waals surface area contributed by atoms with Gasteiger partial charge < -0.3 is 15.8 Å². The van der Waals surface area contributed by atoms with E-state index in [9.17, 15) is 22.4 Å². The number of carbonyl (C=O) groups excluding carboxylic acids is 1. The van der Waals surface area contributed by atoms with E-state index >= 15 is 0 Å². The van der Waals surface area contributed by atoms with E-state index in [-0.39, 0.29) is 13.0 Å². The number of nitrogens with one attached hydrogen (secondary N) is 1. The number of hydrogen-bond donors (Lipinski definition) is 2. The van der Waals surface area contributed by atoms with Crippen LogP contribution in [0.4, 0.5) is 22.4 Å². The van der Waals surface area contributed by atoms with Gasteiger partial charge in [0.1, 0.15) is 11.4 Å². The number of amides is 1. The van der Waals surface area contributed by atoms with Crippen LogP contribution in [0.5, 0.6) is 0 Å². The predicted molar refractivity (Wildman–Crippen MR) is 77.3 cm³/mol. The highest BCUT2D eigenvalue weighted by Crippen LogP contribution is 2.31. The van der Waals surface area contributed by atoms with Crippen molar-refractivity contribution >= 4 is 6.09 Å². The molecule has 0 aromatic heterocycles. The van der Waals surface area contributed by atoms with Gasteiger partial charge in [0.05, 0.1) is 5.56 Å². The van der Waals surface area contributed by atoms with E-state index in [1.807, 2.05) is 0 Å². The van der Waals surface area contributed by atoms with Gasteiger partial charge in [0, 0.05) is 12.6 Å². The highest BCUT2D eigenvalue weighted by molar-refractivity contribution is 5.68. The summed E-state index contributed by atoms with van der Waals surface area (Å²) in [6.07, 6.45) is -5.35. The lowest BCUT2D eigenvalue weighted by atomic mass is 10.0. The van der Waals surface area contributed by atoms with Crippen molar-refractivity contribution in [3.05, 3.63) is 35.1 Å². The minimum atomic E-state index is -4.75. The van der Waals surface area contributed by atoms with E-state index in [1.54, 1.807) is 20.8 Å². The van der Waals surface area contributed by atoms with Gasteiger partial charge in [0.25, 0.3) is 0 Å². The number of alkyl carbamates (subject to hydrolysis) is 1. The molecule has 0 fully saturated rings. The molecule has 8 heteroatoms. The normalized spacial score (nSPS) is 13.6. The van der Waals surface area contributed by atoms with Crippen molar-refractivity contribution in [2.45, 2.75) is 45.0 Å². The minimum absolute atomic E-state index is 0.0296. The van der Waals surface area contributed by atoms with Crippen LogP contribution in [0.1, 0.15) is 31.9 Å². The first-order valence-corrected chi connectivity index (χ1v) is 6.97. The number of ether oxygens (including phenoxy) is 1. The summed E-state index contributed by atoms with van der Waals surface area (Å²) in [7, 11) is 0. The van der Waals surface area contributed by atoms with E-state index in [1.165, 1.54) is 0 Å². The number of halogens is 4. The number of rotatable bonds is 4. The van der Waals surface area contributed by atoms with Gasteiger partial charge in [0.2, 0.25) is 0 Å². The Morgan fingerprint density at radius 1 is 1.30 bits per heavy atom. The lowest BCUT2D eigenvalue weighted by Crippen LogP contribution is -2.44. The Kier molecular flexibility index (Phi) is 5.98. The van der Waals surface area contributed by atoms with Crippen molar-refractivity contribution in [3.63, 3.8) is 0 Å². The highest BCUT2D eigenvalue weighted by Gasteiger charge is 2.34. The number of hydrogen-bond acceptors (Lipinski definition) is 3. The van der Waals surface area contributed by atoms with Crippen molar-refractivity contribution < 1.29 is 27.1 Å². The predicted octanol–water partition coefficient (Wildman–Crippen LogP) is 3.24. The van der Waals surface area contributed by atoms with Gasteiger partial charge >= 0.3 is 12.3 Å². The summed E-state index contributed by atoms with van der Waals surface area (Å²) in [6.45, 7) is 5.10. The lowest BCUT2D eigenvalue weighted by molar-refractivity contribution is -0.140. The fourth-order valence-electron chi connectivity index (χ4n) is 1.87. The highest BCUT2D eigenvalue weighted by atomic mass is 19.4. The van der Waals surface area contributed by atoms with E-state index in [4.69, 9.17) is 10.5 Å². The average molecular weight is 336 g/mol. The zero-order valence-electron chi connectivity index (χ0n) is 13.1. The molecule has 0 aliphatic heterocycles. The Balaban J connectivity index is 2.76. The summed E-state index contributed by atoms with van der Waals surface area (Å²) >= 11 is 0. The topological polar surface area (TPSA) is 64.3 Å². The zero-order chi connectivity index (χ0) is 17.8. The van der Waals surface area contributed by atoms with Crippen LogP contribution in [0.3, 0.4) is 0 Å². The molecule has 0 aliphatic rings. The van der Waals surface area contributed by atoms with Crippen LogP contribution in [0.2, 0.25) is 0 Å². The molecule has 0 aliphatic carbocycles. The molecule has 0 saturated carbocycles. The molecule has 1 rings (SSSR count). The van der Waals surface area contributed by atoms with Crippen LogP contribution in [0.15, 0.2) is 18.2 Å². The second kappa shape index (κ2) is 7.16. The second-order valence-corrected chi connectivity index (χ2v) is 6.09. The monoisotopic (exact) mass is 336 g/mol.